The van der Waals surface area contributed by atoms with Gasteiger partial charge in [0.15, 0.2) is 0 Å². The van der Waals surface area contributed by atoms with Crippen LogP contribution in [0.25, 0.3) is 0 Å². The second kappa shape index (κ2) is 3.55. The van der Waals surface area contributed by atoms with Crippen LogP contribution >= 0.6 is 11.3 Å². The third-order valence-corrected chi connectivity index (χ3v) is 5.34. The summed E-state index contributed by atoms with van der Waals surface area (Å²) in [5.41, 5.74) is -0.136. The number of carboxylic acid groups (broad SMARTS) is 1. The SMILES string of the molecule is O=C(O)C1C2CCCC1(c1nccs1)CC2. The molecule has 2 fully saturated rings. The zero-order valence-electron chi connectivity index (χ0n) is 9.06. The van der Waals surface area contributed by atoms with Gasteiger partial charge in [-0.1, -0.05) is 6.42 Å². The van der Waals surface area contributed by atoms with Gasteiger partial charge in [-0.3, -0.25) is 4.79 Å². The smallest absolute Gasteiger partial charge is 0.307 e. The van der Waals surface area contributed by atoms with E-state index in [1.165, 1.54) is 0 Å². The van der Waals surface area contributed by atoms with Crippen molar-refractivity contribution in [3.63, 3.8) is 0 Å². The minimum Gasteiger partial charge on any atom is -0.481 e. The molecule has 1 aromatic rings. The van der Waals surface area contributed by atoms with Gasteiger partial charge in [-0.05, 0) is 31.6 Å². The van der Waals surface area contributed by atoms with Gasteiger partial charge in [0, 0.05) is 17.0 Å². The molecule has 0 spiro atoms. The number of hydrogen-bond acceptors (Lipinski definition) is 3. The molecular formula is C12H15NO2S. The molecule has 86 valence electrons. The maximum absolute atomic E-state index is 11.5. The van der Waals surface area contributed by atoms with E-state index in [1.54, 1.807) is 17.5 Å². The summed E-state index contributed by atoms with van der Waals surface area (Å²) >= 11 is 1.63. The molecule has 1 aromatic heterocycles. The van der Waals surface area contributed by atoms with Crippen LogP contribution in [0.5, 0.6) is 0 Å². The zero-order chi connectivity index (χ0) is 11.2. The second-order valence-electron chi connectivity index (χ2n) is 5.00. The predicted molar refractivity (Wildman–Crippen MR) is 61.5 cm³/mol. The van der Waals surface area contributed by atoms with E-state index >= 15 is 0 Å². The number of hydrogen-bond donors (Lipinski definition) is 1. The highest BCUT2D eigenvalue weighted by Gasteiger charge is 2.56. The van der Waals surface area contributed by atoms with Gasteiger partial charge in [0.25, 0.3) is 0 Å². The minimum atomic E-state index is -0.614. The molecular weight excluding hydrogens is 222 g/mol. The fraction of sp³-hybridized carbons (Fsp3) is 0.667. The fourth-order valence-electron chi connectivity index (χ4n) is 3.74. The maximum atomic E-state index is 11.5. The van der Waals surface area contributed by atoms with Crippen molar-refractivity contribution in [1.29, 1.82) is 0 Å². The molecule has 3 rings (SSSR count). The number of carbonyl (C=O) groups is 1. The van der Waals surface area contributed by atoms with Crippen molar-refractivity contribution in [3.8, 4) is 0 Å². The molecule has 3 unspecified atom stereocenters. The Hall–Kier alpha value is -0.900. The van der Waals surface area contributed by atoms with Crippen LogP contribution in [0.1, 0.15) is 37.1 Å². The molecule has 0 saturated heterocycles. The van der Waals surface area contributed by atoms with E-state index in [1.807, 2.05) is 5.38 Å². The molecule has 4 heteroatoms. The molecule has 0 aromatic carbocycles. The molecule has 2 saturated carbocycles. The lowest BCUT2D eigenvalue weighted by Gasteiger charge is -2.37. The predicted octanol–water partition coefficient (Wildman–Crippen LogP) is 2.68. The summed E-state index contributed by atoms with van der Waals surface area (Å²) < 4.78 is 0. The Kier molecular flexibility index (Phi) is 2.28. The second-order valence-corrected chi connectivity index (χ2v) is 5.89. The van der Waals surface area contributed by atoms with Crippen molar-refractivity contribution < 1.29 is 9.90 Å². The summed E-state index contributed by atoms with van der Waals surface area (Å²) in [6, 6.07) is 0. The Morgan fingerprint density at radius 3 is 3.06 bits per heavy atom. The average molecular weight is 237 g/mol. The van der Waals surface area contributed by atoms with Gasteiger partial charge in [-0.2, -0.15) is 0 Å². The van der Waals surface area contributed by atoms with Crippen LogP contribution in [-0.2, 0) is 10.2 Å². The summed E-state index contributed by atoms with van der Waals surface area (Å²) in [7, 11) is 0. The van der Waals surface area contributed by atoms with Crippen molar-refractivity contribution in [2.24, 2.45) is 11.8 Å². The average Bonchev–Trinajstić information content (AvgIpc) is 2.85. The lowest BCUT2D eigenvalue weighted by atomic mass is 9.67. The molecule has 0 radical (unpaired) electrons. The van der Waals surface area contributed by atoms with Crippen LogP contribution in [0.15, 0.2) is 11.6 Å². The van der Waals surface area contributed by atoms with Gasteiger partial charge in [-0.15, -0.1) is 11.3 Å². The topological polar surface area (TPSA) is 50.2 Å². The number of carboxylic acids is 1. The molecule has 2 aliphatic rings. The molecule has 1 N–H and O–H groups in total. The number of aromatic nitrogens is 1. The molecule has 3 nitrogen and oxygen atoms in total. The molecule has 3 atom stereocenters. The van der Waals surface area contributed by atoms with E-state index in [9.17, 15) is 9.90 Å². The zero-order valence-corrected chi connectivity index (χ0v) is 9.87. The molecule has 2 bridgehead atoms. The lowest BCUT2D eigenvalue weighted by Crippen LogP contribution is -2.41. The number of thiazole rings is 1. The van der Waals surface area contributed by atoms with Gasteiger partial charge < -0.3 is 5.11 Å². The van der Waals surface area contributed by atoms with Crippen molar-refractivity contribution in [1.82, 2.24) is 4.98 Å². The van der Waals surface area contributed by atoms with E-state index in [4.69, 9.17) is 0 Å². The van der Waals surface area contributed by atoms with E-state index in [2.05, 4.69) is 4.98 Å². The van der Waals surface area contributed by atoms with Crippen LogP contribution in [-0.4, -0.2) is 16.1 Å². The Bertz CT molecular complexity index is 399. The number of rotatable bonds is 2. The first-order valence-corrected chi connectivity index (χ1v) is 6.75. The third-order valence-electron chi connectivity index (χ3n) is 4.35. The highest BCUT2D eigenvalue weighted by molar-refractivity contribution is 7.09. The van der Waals surface area contributed by atoms with Crippen LogP contribution in [0, 0.1) is 11.8 Å². The van der Waals surface area contributed by atoms with Gasteiger partial charge >= 0.3 is 5.97 Å². The van der Waals surface area contributed by atoms with Crippen LogP contribution in [0.4, 0.5) is 0 Å². The first kappa shape index (κ1) is 10.3. The number of fused-ring (bicyclic) bond motifs is 2. The number of nitrogens with zero attached hydrogens (tertiary/aromatic N) is 1. The largest absolute Gasteiger partial charge is 0.481 e. The van der Waals surface area contributed by atoms with Crippen molar-refractivity contribution in [2.75, 3.05) is 0 Å². The first-order valence-electron chi connectivity index (χ1n) is 5.87. The Morgan fingerprint density at radius 2 is 2.38 bits per heavy atom. The molecule has 0 aliphatic heterocycles. The standard InChI is InChI=1S/C12H15NO2S/c14-10(15)9-8-2-1-4-12(9,5-3-8)11-13-6-7-16-11/h6-9H,1-5H2,(H,14,15). The molecule has 0 amide bonds. The Morgan fingerprint density at radius 1 is 1.50 bits per heavy atom. The van der Waals surface area contributed by atoms with E-state index in [0.29, 0.717) is 5.92 Å². The van der Waals surface area contributed by atoms with Gasteiger partial charge in [0.2, 0.25) is 0 Å². The van der Waals surface area contributed by atoms with Crippen LogP contribution in [0.3, 0.4) is 0 Å². The first-order chi connectivity index (χ1) is 7.74. The Labute approximate surface area is 98.5 Å². The van der Waals surface area contributed by atoms with Crippen molar-refractivity contribution in [3.05, 3.63) is 16.6 Å². The van der Waals surface area contributed by atoms with Crippen LogP contribution < -0.4 is 0 Å². The summed E-state index contributed by atoms with van der Waals surface area (Å²) in [4.78, 5) is 15.9. The monoisotopic (exact) mass is 237 g/mol. The Balaban J connectivity index is 2.06. The molecule has 2 aliphatic carbocycles. The van der Waals surface area contributed by atoms with Gasteiger partial charge in [-0.25, -0.2) is 4.98 Å². The summed E-state index contributed by atoms with van der Waals surface area (Å²) in [6.45, 7) is 0. The highest BCUT2D eigenvalue weighted by Crippen LogP contribution is 2.57. The van der Waals surface area contributed by atoms with E-state index in [0.717, 1.165) is 37.1 Å². The van der Waals surface area contributed by atoms with Gasteiger partial charge in [0.1, 0.15) is 0 Å². The molecule has 16 heavy (non-hydrogen) atoms. The van der Waals surface area contributed by atoms with E-state index < -0.39 is 5.97 Å². The quantitative estimate of drug-likeness (QED) is 0.860. The third kappa shape index (κ3) is 1.25. The van der Waals surface area contributed by atoms with Crippen molar-refractivity contribution >= 4 is 17.3 Å². The summed E-state index contributed by atoms with van der Waals surface area (Å²) in [6.07, 6.45) is 7.14. The minimum absolute atomic E-state index is 0.136. The normalized spacial score (nSPS) is 37.5. The van der Waals surface area contributed by atoms with Gasteiger partial charge in [0.05, 0.1) is 10.9 Å². The fourth-order valence-corrected chi connectivity index (χ4v) is 4.68. The van der Waals surface area contributed by atoms with E-state index in [-0.39, 0.29) is 11.3 Å². The maximum Gasteiger partial charge on any atom is 0.307 e. The summed E-state index contributed by atoms with van der Waals surface area (Å²) in [5, 5.41) is 12.5. The van der Waals surface area contributed by atoms with Crippen molar-refractivity contribution in [2.45, 2.75) is 37.5 Å². The highest BCUT2D eigenvalue weighted by atomic mass is 32.1. The van der Waals surface area contributed by atoms with Crippen LogP contribution in [0.2, 0.25) is 0 Å². The lowest BCUT2D eigenvalue weighted by molar-refractivity contribution is -0.146. The summed E-state index contributed by atoms with van der Waals surface area (Å²) in [5.74, 6) is -0.417. The molecule has 1 heterocycles. The number of aliphatic carboxylic acids is 1.